The van der Waals surface area contributed by atoms with E-state index in [0.29, 0.717) is 45.4 Å². The lowest BCUT2D eigenvalue weighted by Gasteiger charge is -2.32. The molecular formula is C19H29N3O3. The van der Waals surface area contributed by atoms with E-state index >= 15 is 0 Å². The third-order valence-corrected chi connectivity index (χ3v) is 4.80. The first-order valence-electron chi connectivity index (χ1n) is 8.87. The fraction of sp³-hybridized carbons (Fsp3) is 0.579. The van der Waals surface area contributed by atoms with Gasteiger partial charge in [0.05, 0.1) is 12.5 Å². The zero-order valence-electron chi connectivity index (χ0n) is 15.2. The fourth-order valence-electron chi connectivity index (χ4n) is 3.02. The van der Waals surface area contributed by atoms with Crippen molar-refractivity contribution in [2.24, 2.45) is 11.7 Å². The minimum Gasteiger partial charge on any atom is -0.380 e. The van der Waals surface area contributed by atoms with E-state index in [0.717, 1.165) is 5.56 Å². The number of aryl methyl sites for hydroxylation is 1. The molecule has 2 rings (SSSR count). The van der Waals surface area contributed by atoms with Crippen molar-refractivity contribution in [3.05, 3.63) is 35.4 Å². The first-order chi connectivity index (χ1) is 12.0. The van der Waals surface area contributed by atoms with Crippen molar-refractivity contribution >= 4 is 11.8 Å². The van der Waals surface area contributed by atoms with Crippen molar-refractivity contribution in [2.75, 3.05) is 26.7 Å². The van der Waals surface area contributed by atoms with Crippen LogP contribution in [0.1, 0.15) is 30.4 Å². The van der Waals surface area contributed by atoms with Gasteiger partial charge < -0.3 is 20.7 Å². The van der Waals surface area contributed by atoms with Gasteiger partial charge >= 0.3 is 0 Å². The Morgan fingerprint density at radius 1 is 1.28 bits per heavy atom. The molecule has 0 spiro atoms. The van der Waals surface area contributed by atoms with Crippen LogP contribution in [-0.4, -0.2) is 49.6 Å². The van der Waals surface area contributed by atoms with Gasteiger partial charge in [0.2, 0.25) is 11.8 Å². The van der Waals surface area contributed by atoms with Gasteiger partial charge in [0.1, 0.15) is 0 Å². The van der Waals surface area contributed by atoms with Gasteiger partial charge in [-0.25, -0.2) is 0 Å². The highest BCUT2D eigenvalue weighted by Gasteiger charge is 2.28. The molecule has 0 radical (unpaired) electrons. The topological polar surface area (TPSA) is 84.7 Å². The average Bonchev–Trinajstić information content (AvgIpc) is 2.65. The molecule has 1 aliphatic rings. The van der Waals surface area contributed by atoms with E-state index in [1.807, 2.05) is 36.1 Å². The molecule has 6 heteroatoms. The van der Waals surface area contributed by atoms with Crippen molar-refractivity contribution in [3.63, 3.8) is 0 Å². The van der Waals surface area contributed by atoms with Crippen LogP contribution in [0, 0.1) is 12.8 Å². The Labute approximate surface area is 149 Å². The molecule has 0 saturated carbocycles. The SMILES string of the molecule is COC(CN)CC(=O)N1CCC(C(=O)NCc2ccc(C)cc2)CC1. The number of likely N-dealkylation sites (tertiary alicyclic amines) is 1. The summed E-state index contributed by atoms with van der Waals surface area (Å²) in [4.78, 5) is 26.4. The van der Waals surface area contributed by atoms with Gasteiger partial charge in [-0.05, 0) is 25.3 Å². The van der Waals surface area contributed by atoms with E-state index in [1.54, 1.807) is 7.11 Å². The van der Waals surface area contributed by atoms with Gasteiger partial charge in [-0.15, -0.1) is 0 Å². The second-order valence-corrected chi connectivity index (χ2v) is 6.66. The van der Waals surface area contributed by atoms with Crippen LogP contribution >= 0.6 is 0 Å². The predicted octanol–water partition coefficient (Wildman–Crippen LogP) is 1.21. The highest BCUT2D eigenvalue weighted by Crippen LogP contribution is 2.19. The smallest absolute Gasteiger partial charge is 0.225 e. The lowest BCUT2D eigenvalue weighted by molar-refractivity contribution is -0.137. The Bertz CT molecular complexity index is 562. The standard InChI is InChI=1S/C19H29N3O3/c1-14-3-5-15(6-4-14)13-21-19(24)16-7-9-22(10-8-16)18(23)11-17(12-20)25-2/h3-6,16-17H,7-13,20H2,1-2H3,(H,21,24). The van der Waals surface area contributed by atoms with Gasteiger partial charge in [-0.2, -0.15) is 0 Å². The number of hydrogen-bond acceptors (Lipinski definition) is 4. The third kappa shape index (κ3) is 5.83. The lowest BCUT2D eigenvalue weighted by Crippen LogP contribution is -2.44. The molecule has 1 saturated heterocycles. The number of hydrogen-bond donors (Lipinski definition) is 2. The quantitative estimate of drug-likeness (QED) is 0.776. The zero-order valence-corrected chi connectivity index (χ0v) is 15.2. The first kappa shape index (κ1) is 19.4. The summed E-state index contributed by atoms with van der Waals surface area (Å²) in [5.41, 5.74) is 7.87. The maximum Gasteiger partial charge on any atom is 0.225 e. The highest BCUT2D eigenvalue weighted by molar-refractivity contribution is 5.80. The maximum absolute atomic E-state index is 12.3. The molecule has 0 bridgehead atoms. The van der Waals surface area contributed by atoms with Crippen LogP contribution in [0.3, 0.4) is 0 Å². The van der Waals surface area contributed by atoms with Gasteiger partial charge in [0.15, 0.2) is 0 Å². The average molecular weight is 347 g/mol. The van der Waals surface area contributed by atoms with Gasteiger partial charge in [-0.3, -0.25) is 9.59 Å². The number of rotatable bonds is 7. The number of benzene rings is 1. The molecule has 1 aromatic carbocycles. The highest BCUT2D eigenvalue weighted by atomic mass is 16.5. The minimum atomic E-state index is -0.233. The molecule has 1 atom stereocenters. The van der Waals surface area contributed by atoms with E-state index in [-0.39, 0.29) is 23.8 Å². The number of nitrogens with zero attached hydrogens (tertiary/aromatic N) is 1. The molecule has 1 unspecified atom stereocenters. The molecule has 6 nitrogen and oxygen atoms in total. The fourth-order valence-corrected chi connectivity index (χ4v) is 3.02. The van der Waals surface area contributed by atoms with E-state index < -0.39 is 0 Å². The molecule has 25 heavy (non-hydrogen) atoms. The van der Waals surface area contributed by atoms with Crippen molar-refractivity contribution in [1.29, 1.82) is 0 Å². The van der Waals surface area contributed by atoms with Gasteiger partial charge in [0, 0.05) is 39.2 Å². The number of nitrogens with two attached hydrogens (primary N) is 1. The maximum atomic E-state index is 12.3. The number of carbonyl (C=O) groups is 2. The Morgan fingerprint density at radius 2 is 1.92 bits per heavy atom. The Hall–Kier alpha value is -1.92. The zero-order chi connectivity index (χ0) is 18.2. The first-order valence-corrected chi connectivity index (χ1v) is 8.87. The monoisotopic (exact) mass is 347 g/mol. The molecule has 1 heterocycles. The molecule has 1 aromatic rings. The normalized spacial score (nSPS) is 16.5. The summed E-state index contributed by atoms with van der Waals surface area (Å²) >= 11 is 0. The molecular weight excluding hydrogens is 318 g/mol. The largest absolute Gasteiger partial charge is 0.380 e. The van der Waals surface area contributed by atoms with E-state index in [9.17, 15) is 9.59 Å². The van der Waals surface area contributed by atoms with Crippen LogP contribution in [0.15, 0.2) is 24.3 Å². The van der Waals surface area contributed by atoms with Crippen molar-refractivity contribution in [1.82, 2.24) is 10.2 Å². The molecule has 3 N–H and O–H groups in total. The summed E-state index contributed by atoms with van der Waals surface area (Å²) in [6.45, 7) is 4.15. The summed E-state index contributed by atoms with van der Waals surface area (Å²) in [6, 6.07) is 8.14. The number of carbonyl (C=O) groups excluding carboxylic acids is 2. The van der Waals surface area contributed by atoms with Crippen LogP contribution in [0.4, 0.5) is 0 Å². The Morgan fingerprint density at radius 3 is 2.48 bits per heavy atom. The van der Waals surface area contributed by atoms with E-state index in [1.165, 1.54) is 5.56 Å². The molecule has 2 amide bonds. The number of piperidine rings is 1. The van der Waals surface area contributed by atoms with Crippen molar-refractivity contribution < 1.29 is 14.3 Å². The van der Waals surface area contributed by atoms with Crippen LogP contribution in [0.2, 0.25) is 0 Å². The third-order valence-electron chi connectivity index (χ3n) is 4.80. The minimum absolute atomic E-state index is 0.0257. The van der Waals surface area contributed by atoms with E-state index in [2.05, 4.69) is 5.32 Å². The second-order valence-electron chi connectivity index (χ2n) is 6.66. The van der Waals surface area contributed by atoms with E-state index in [4.69, 9.17) is 10.5 Å². The number of nitrogens with one attached hydrogen (secondary N) is 1. The van der Waals surface area contributed by atoms with Crippen LogP contribution in [0.25, 0.3) is 0 Å². The van der Waals surface area contributed by atoms with Gasteiger partial charge in [0.25, 0.3) is 0 Å². The summed E-state index contributed by atoms with van der Waals surface area (Å²) in [6.07, 6.45) is 1.47. The predicted molar refractivity (Wildman–Crippen MR) is 96.8 cm³/mol. The van der Waals surface area contributed by atoms with Crippen LogP contribution in [0.5, 0.6) is 0 Å². The molecule has 1 fully saturated rings. The number of amides is 2. The number of ether oxygens (including phenoxy) is 1. The van der Waals surface area contributed by atoms with Gasteiger partial charge in [-0.1, -0.05) is 29.8 Å². The molecule has 1 aliphatic heterocycles. The van der Waals surface area contributed by atoms with Crippen LogP contribution in [-0.2, 0) is 20.9 Å². The summed E-state index contributed by atoms with van der Waals surface area (Å²) in [7, 11) is 1.56. The van der Waals surface area contributed by atoms with Crippen molar-refractivity contribution in [2.45, 2.75) is 38.8 Å². The Kier molecular flexibility index (Phi) is 7.40. The molecule has 138 valence electrons. The summed E-state index contributed by atoms with van der Waals surface area (Å²) in [5.74, 6) is 0.0995. The molecule has 0 aliphatic carbocycles. The van der Waals surface area contributed by atoms with Crippen LogP contribution < -0.4 is 11.1 Å². The second kappa shape index (κ2) is 9.53. The lowest BCUT2D eigenvalue weighted by atomic mass is 9.95. The Balaban J connectivity index is 1.74. The molecule has 0 aromatic heterocycles. The van der Waals surface area contributed by atoms with Crippen molar-refractivity contribution in [3.8, 4) is 0 Å². The summed E-state index contributed by atoms with van der Waals surface area (Å²) < 4.78 is 5.17. The number of methoxy groups -OCH3 is 1. The summed E-state index contributed by atoms with van der Waals surface area (Å²) in [5, 5.41) is 3.00.